The van der Waals surface area contributed by atoms with Crippen molar-refractivity contribution in [3.63, 3.8) is 0 Å². The minimum Gasteiger partial charge on any atom is -0.481 e. The predicted octanol–water partition coefficient (Wildman–Crippen LogP) is 5.89. The summed E-state index contributed by atoms with van der Waals surface area (Å²) in [6, 6.07) is 39.4. The third-order valence-electron chi connectivity index (χ3n) is 7.00. The summed E-state index contributed by atoms with van der Waals surface area (Å²) in [6.45, 7) is 0.232. The summed E-state index contributed by atoms with van der Waals surface area (Å²) in [5.41, 5.74) is 2.76. The Morgan fingerprint density at radius 3 is 1.62 bits per heavy atom. The summed E-state index contributed by atoms with van der Waals surface area (Å²) in [4.78, 5) is 26.6. The third-order valence-corrected chi connectivity index (χ3v) is 7.00. The molecule has 1 aliphatic rings. The van der Waals surface area contributed by atoms with Gasteiger partial charge >= 0.3 is 5.97 Å². The fraction of sp³-hybridized carbons (Fsp3) is 0.188. The number of aliphatic carboxylic acids is 1. The maximum Gasteiger partial charge on any atom is 0.304 e. The van der Waals surface area contributed by atoms with Crippen molar-refractivity contribution in [2.24, 2.45) is 5.92 Å². The highest BCUT2D eigenvalue weighted by Gasteiger charge is 2.44. The van der Waals surface area contributed by atoms with Gasteiger partial charge < -0.3 is 14.7 Å². The van der Waals surface area contributed by atoms with Gasteiger partial charge in [0.1, 0.15) is 5.60 Å². The van der Waals surface area contributed by atoms with E-state index < -0.39 is 17.5 Å². The molecule has 1 heterocycles. The van der Waals surface area contributed by atoms with Crippen LogP contribution in [0, 0.1) is 5.92 Å². The van der Waals surface area contributed by atoms with E-state index in [0.717, 1.165) is 22.4 Å². The molecule has 186 valence electrons. The van der Waals surface area contributed by atoms with Crippen LogP contribution in [0.4, 0.5) is 5.69 Å². The molecule has 0 saturated carbocycles. The van der Waals surface area contributed by atoms with E-state index >= 15 is 0 Å². The van der Waals surface area contributed by atoms with Crippen LogP contribution in [0.1, 0.15) is 29.5 Å². The van der Waals surface area contributed by atoms with Gasteiger partial charge in [0.25, 0.3) is 0 Å². The Kier molecular flexibility index (Phi) is 7.15. The molecule has 5 nitrogen and oxygen atoms in total. The topological polar surface area (TPSA) is 66.8 Å². The fourth-order valence-corrected chi connectivity index (χ4v) is 5.35. The molecule has 1 saturated heterocycles. The first-order valence-corrected chi connectivity index (χ1v) is 12.5. The fourth-order valence-electron chi connectivity index (χ4n) is 5.35. The van der Waals surface area contributed by atoms with Gasteiger partial charge in [0, 0.05) is 5.69 Å². The molecule has 4 aromatic rings. The molecule has 5 heteroatoms. The zero-order chi connectivity index (χ0) is 25.7. The number of carbonyl (C=O) groups excluding carboxylic acids is 1. The van der Waals surface area contributed by atoms with Crippen LogP contribution < -0.4 is 4.90 Å². The van der Waals surface area contributed by atoms with Gasteiger partial charge in [-0.25, -0.2) is 0 Å². The molecule has 1 amide bonds. The minimum absolute atomic E-state index is 0.174. The summed E-state index contributed by atoms with van der Waals surface area (Å²) >= 11 is 0. The largest absolute Gasteiger partial charge is 0.481 e. The Morgan fingerprint density at radius 2 is 1.19 bits per heavy atom. The number of carbonyl (C=O) groups is 2. The molecule has 0 unspecified atom stereocenters. The van der Waals surface area contributed by atoms with Crippen LogP contribution in [0.5, 0.6) is 0 Å². The van der Waals surface area contributed by atoms with Crippen molar-refractivity contribution in [1.29, 1.82) is 0 Å². The van der Waals surface area contributed by atoms with Gasteiger partial charge in [0.2, 0.25) is 5.91 Å². The zero-order valence-corrected chi connectivity index (χ0v) is 20.4. The smallest absolute Gasteiger partial charge is 0.304 e. The van der Waals surface area contributed by atoms with Gasteiger partial charge in [-0.3, -0.25) is 9.59 Å². The van der Waals surface area contributed by atoms with Gasteiger partial charge in [0.05, 0.1) is 25.0 Å². The SMILES string of the molecule is O=C(O)C[C@@H]1C[C@H](COC(c2ccccc2)(c2ccccc2)c2ccccc2)N(c2ccccc2)C1=O. The lowest BCUT2D eigenvalue weighted by Gasteiger charge is -2.38. The number of anilines is 1. The molecule has 0 spiro atoms. The lowest BCUT2D eigenvalue weighted by molar-refractivity contribution is -0.140. The maximum atomic E-state index is 13.4. The van der Waals surface area contributed by atoms with E-state index in [1.165, 1.54) is 0 Å². The number of para-hydroxylation sites is 1. The van der Waals surface area contributed by atoms with Crippen molar-refractivity contribution >= 4 is 17.6 Å². The number of carboxylic acids is 1. The van der Waals surface area contributed by atoms with E-state index in [-0.39, 0.29) is 25.0 Å². The summed E-state index contributed by atoms with van der Waals surface area (Å²) in [5, 5.41) is 9.44. The van der Waals surface area contributed by atoms with Crippen molar-refractivity contribution in [3.05, 3.63) is 138 Å². The van der Waals surface area contributed by atoms with Crippen LogP contribution in [0.3, 0.4) is 0 Å². The van der Waals surface area contributed by atoms with Crippen molar-refractivity contribution in [2.45, 2.75) is 24.5 Å². The Morgan fingerprint density at radius 1 is 0.757 bits per heavy atom. The third kappa shape index (κ3) is 4.91. The van der Waals surface area contributed by atoms with Crippen molar-refractivity contribution in [2.75, 3.05) is 11.5 Å². The van der Waals surface area contributed by atoms with Gasteiger partial charge in [-0.1, -0.05) is 109 Å². The summed E-state index contributed by atoms with van der Waals surface area (Å²) < 4.78 is 6.98. The summed E-state index contributed by atoms with van der Waals surface area (Å²) in [5.74, 6) is -1.74. The standard InChI is InChI=1S/C32H29NO4/c34-30(35)22-24-21-29(33(31(24)36)28-19-11-4-12-20-28)23-37-32(25-13-5-1-6-14-25,26-15-7-2-8-16-26)27-17-9-3-10-18-27/h1-20,24,29H,21-23H2,(H,34,35)/t24-,29+/m0/s1. The highest BCUT2D eigenvalue weighted by atomic mass is 16.5. The lowest BCUT2D eigenvalue weighted by atomic mass is 9.80. The Balaban J connectivity index is 1.58. The summed E-state index contributed by atoms with van der Waals surface area (Å²) in [7, 11) is 0. The van der Waals surface area contributed by atoms with Crippen LogP contribution in [0.2, 0.25) is 0 Å². The second kappa shape index (κ2) is 10.8. The number of hydrogen-bond acceptors (Lipinski definition) is 3. The molecule has 0 bridgehead atoms. The lowest BCUT2D eigenvalue weighted by Crippen LogP contribution is -2.41. The zero-order valence-electron chi connectivity index (χ0n) is 20.4. The molecule has 1 N–H and O–H groups in total. The van der Waals surface area contributed by atoms with Gasteiger partial charge in [-0.15, -0.1) is 0 Å². The molecule has 1 aliphatic heterocycles. The van der Waals surface area contributed by atoms with Crippen LogP contribution in [-0.4, -0.2) is 29.6 Å². The van der Waals surface area contributed by atoms with Crippen molar-refractivity contribution in [1.82, 2.24) is 0 Å². The summed E-state index contributed by atoms with van der Waals surface area (Å²) in [6.07, 6.45) is 0.217. The highest BCUT2D eigenvalue weighted by Crippen LogP contribution is 2.42. The normalized spacial score (nSPS) is 17.6. The number of carboxylic acid groups (broad SMARTS) is 1. The average Bonchev–Trinajstić information content (AvgIpc) is 3.25. The second-order valence-corrected chi connectivity index (χ2v) is 9.32. The van der Waals surface area contributed by atoms with Crippen LogP contribution in [0.15, 0.2) is 121 Å². The van der Waals surface area contributed by atoms with Gasteiger partial charge in [0.15, 0.2) is 0 Å². The number of ether oxygens (including phenoxy) is 1. The molecule has 1 fully saturated rings. The van der Waals surface area contributed by atoms with E-state index in [2.05, 4.69) is 36.4 Å². The molecule has 4 aromatic carbocycles. The Hall–Kier alpha value is -4.22. The number of amides is 1. The number of hydrogen-bond donors (Lipinski definition) is 1. The first-order valence-electron chi connectivity index (χ1n) is 12.5. The number of benzene rings is 4. The van der Waals surface area contributed by atoms with Crippen molar-refractivity contribution < 1.29 is 19.4 Å². The van der Waals surface area contributed by atoms with E-state index in [4.69, 9.17) is 4.74 Å². The molecule has 2 atom stereocenters. The molecule has 0 radical (unpaired) electrons. The molecule has 5 rings (SSSR count). The maximum absolute atomic E-state index is 13.4. The second-order valence-electron chi connectivity index (χ2n) is 9.32. The molecular formula is C32H29NO4. The first kappa shape index (κ1) is 24.5. The number of nitrogens with zero attached hydrogens (tertiary/aromatic N) is 1. The van der Waals surface area contributed by atoms with Crippen LogP contribution in [-0.2, 0) is 19.9 Å². The monoisotopic (exact) mass is 491 g/mol. The van der Waals surface area contributed by atoms with E-state index in [1.807, 2.05) is 84.9 Å². The van der Waals surface area contributed by atoms with Crippen LogP contribution in [0.25, 0.3) is 0 Å². The van der Waals surface area contributed by atoms with E-state index in [1.54, 1.807) is 4.90 Å². The van der Waals surface area contributed by atoms with Crippen LogP contribution >= 0.6 is 0 Å². The minimum atomic E-state index is -0.972. The molecule has 0 aromatic heterocycles. The number of rotatable bonds is 9. The van der Waals surface area contributed by atoms with E-state index in [9.17, 15) is 14.7 Å². The van der Waals surface area contributed by atoms with Gasteiger partial charge in [-0.05, 0) is 35.2 Å². The van der Waals surface area contributed by atoms with Gasteiger partial charge in [-0.2, -0.15) is 0 Å². The highest BCUT2D eigenvalue weighted by molar-refractivity contribution is 5.99. The predicted molar refractivity (Wildman–Crippen MR) is 143 cm³/mol. The van der Waals surface area contributed by atoms with E-state index in [0.29, 0.717) is 6.42 Å². The molecular weight excluding hydrogens is 462 g/mol. The molecule has 0 aliphatic carbocycles. The first-order chi connectivity index (χ1) is 18.1. The quantitative estimate of drug-likeness (QED) is 0.297. The Labute approximate surface area is 217 Å². The van der Waals surface area contributed by atoms with Crippen molar-refractivity contribution in [3.8, 4) is 0 Å². The molecule has 37 heavy (non-hydrogen) atoms. The average molecular weight is 492 g/mol. The Bertz CT molecular complexity index is 1230.